The van der Waals surface area contributed by atoms with Crippen molar-refractivity contribution in [2.45, 2.75) is 26.2 Å². The lowest BCUT2D eigenvalue weighted by Crippen LogP contribution is -2.28. The first-order valence-electron chi connectivity index (χ1n) is 10.9. The van der Waals surface area contributed by atoms with Crippen LogP contribution in [0.4, 0.5) is 11.4 Å². The van der Waals surface area contributed by atoms with Crippen LogP contribution in [0.3, 0.4) is 0 Å². The number of halogens is 1. The highest BCUT2D eigenvalue weighted by Crippen LogP contribution is 2.42. The summed E-state index contributed by atoms with van der Waals surface area (Å²) in [5, 5.41) is 0. The first-order valence-corrected chi connectivity index (χ1v) is 10.9. The molecule has 0 atom stereocenters. The van der Waals surface area contributed by atoms with E-state index in [-0.39, 0.29) is 24.0 Å². The van der Waals surface area contributed by atoms with Crippen LogP contribution in [0.1, 0.15) is 37.6 Å². The highest BCUT2D eigenvalue weighted by molar-refractivity contribution is 14.0. The van der Waals surface area contributed by atoms with E-state index in [0.717, 1.165) is 36.1 Å². The van der Waals surface area contributed by atoms with E-state index in [1.54, 1.807) is 0 Å². The second kappa shape index (κ2) is 9.69. The van der Waals surface area contributed by atoms with Gasteiger partial charge in [-0.3, -0.25) is 0 Å². The summed E-state index contributed by atoms with van der Waals surface area (Å²) in [5.74, 6) is 0.626. The van der Waals surface area contributed by atoms with Crippen molar-refractivity contribution in [3.8, 4) is 0 Å². The lowest BCUT2D eigenvalue weighted by atomic mass is 9.94. The Kier molecular flexibility index (Phi) is 6.74. The van der Waals surface area contributed by atoms with Gasteiger partial charge in [-0.2, -0.15) is 0 Å². The average Bonchev–Trinajstić information content (AvgIpc) is 3.22. The number of allylic oxidation sites excluding steroid dienone is 3. The maximum absolute atomic E-state index is 6.04. The van der Waals surface area contributed by atoms with Crippen LogP contribution in [-0.4, -0.2) is 4.98 Å². The molecule has 0 saturated carbocycles. The largest absolute Gasteiger partial charge is 0.411 e. The van der Waals surface area contributed by atoms with Crippen molar-refractivity contribution in [2.24, 2.45) is 7.05 Å². The number of para-hydroxylation sites is 2. The van der Waals surface area contributed by atoms with Crippen LogP contribution in [0.15, 0.2) is 89.1 Å². The number of fused-ring (bicyclic) bond motifs is 2. The predicted molar refractivity (Wildman–Crippen MR) is 141 cm³/mol. The van der Waals surface area contributed by atoms with Crippen LogP contribution >= 0.6 is 24.0 Å². The number of hydrogen-bond donors (Lipinski definition) is 0. The average molecular weight is 536 g/mol. The van der Waals surface area contributed by atoms with E-state index in [9.17, 15) is 0 Å². The monoisotopic (exact) mass is 536 g/mol. The Morgan fingerprint density at radius 3 is 2.56 bits per heavy atom. The Hall–Kier alpha value is -2.93. The number of nitrogens with zero attached hydrogens (tertiary/aromatic N) is 3. The number of unbranched alkanes of at least 4 members (excludes halogenated alkanes) is 1. The van der Waals surface area contributed by atoms with Gasteiger partial charge in [-0.25, -0.2) is 4.57 Å². The van der Waals surface area contributed by atoms with Gasteiger partial charge in [0.2, 0.25) is 5.58 Å². The first kappa shape index (κ1) is 22.3. The molecule has 1 aliphatic heterocycles. The summed E-state index contributed by atoms with van der Waals surface area (Å²) in [5.41, 5.74) is 7.61. The molecule has 0 unspecified atom stereocenters. The Balaban J connectivity index is 0.00000245. The van der Waals surface area contributed by atoms with Gasteiger partial charge in [-0.1, -0.05) is 49.7 Å². The minimum atomic E-state index is 0. The third kappa shape index (κ3) is 4.21. The zero-order valence-corrected chi connectivity index (χ0v) is 20.7. The topological polar surface area (TPSA) is 33.1 Å². The maximum Gasteiger partial charge on any atom is 0.370 e. The van der Waals surface area contributed by atoms with E-state index in [4.69, 9.17) is 9.40 Å². The summed E-state index contributed by atoms with van der Waals surface area (Å²) in [6, 6.07) is 23.1. The Labute approximate surface area is 205 Å². The number of rotatable bonds is 5. The van der Waals surface area contributed by atoms with Gasteiger partial charge in [-0.05, 0) is 54.8 Å². The van der Waals surface area contributed by atoms with Gasteiger partial charge >= 0.3 is 11.5 Å². The number of benzene rings is 2. The Morgan fingerprint density at radius 2 is 1.78 bits per heavy atom. The molecule has 0 radical (unpaired) electrons. The first-order chi connectivity index (χ1) is 15.2. The molecule has 162 valence electrons. The molecule has 2 aromatic carbocycles. The van der Waals surface area contributed by atoms with Crippen LogP contribution < -0.4 is 9.47 Å². The van der Waals surface area contributed by atoms with Crippen LogP contribution in [-0.2, 0) is 7.05 Å². The minimum absolute atomic E-state index is 0. The molecule has 5 heteroatoms. The van der Waals surface area contributed by atoms with E-state index in [1.807, 2.05) is 29.9 Å². The van der Waals surface area contributed by atoms with Gasteiger partial charge < -0.3 is 9.32 Å². The zero-order valence-electron chi connectivity index (χ0n) is 18.4. The SMILES string of the molecule is CCCCC1=C/C(=C\c2nc3c(ccc[n+]3C)o2)c2ccccc2N1c1ccccc1.I. The highest BCUT2D eigenvalue weighted by atomic mass is 127. The number of oxazole rings is 1. The molecular weight excluding hydrogens is 509 g/mol. The summed E-state index contributed by atoms with van der Waals surface area (Å²) in [4.78, 5) is 7.10. The van der Waals surface area contributed by atoms with Crippen molar-refractivity contribution in [1.29, 1.82) is 0 Å². The van der Waals surface area contributed by atoms with E-state index >= 15 is 0 Å². The van der Waals surface area contributed by atoms with Gasteiger partial charge in [0, 0.05) is 28.0 Å². The molecule has 32 heavy (non-hydrogen) atoms. The van der Waals surface area contributed by atoms with Gasteiger partial charge in [0.1, 0.15) is 0 Å². The molecular formula is C27H27IN3O+. The fraction of sp³-hybridized carbons (Fsp3) is 0.185. The smallest absolute Gasteiger partial charge is 0.370 e. The van der Waals surface area contributed by atoms with Gasteiger partial charge in [0.15, 0.2) is 0 Å². The van der Waals surface area contributed by atoms with Crippen LogP contribution in [0.2, 0.25) is 0 Å². The molecule has 0 saturated heterocycles. The van der Waals surface area contributed by atoms with Crippen molar-refractivity contribution in [1.82, 2.24) is 4.98 Å². The molecule has 0 aliphatic carbocycles. The van der Waals surface area contributed by atoms with Crippen LogP contribution in [0, 0.1) is 0 Å². The van der Waals surface area contributed by atoms with Crippen molar-refractivity contribution < 1.29 is 8.98 Å². The van der Waals surface area contributed by atoms with Crippen LogP contribution in [0.25, 0.3) is 22.9 Å². The summed E-state index contributed by atoms with van der Waals surface area (Å²) >= 11 is 0. The number of pyridine rings is 1. The Bertz CT molecular complexity index is 1290. The van der Waals surface area contributed by atoms with E-state index < -0.39 is 0 Å². The fourth-order valence-electron chi connectivity index (χ4n) is 4.16. The van der Waals surface area contributed by atoms with E-state index in [2.05, 4.69) is 78.6 Å². The molecule has 0 fully saturated rings. The lowest BCUT2D eigenvalue weighted by molar-refractivity contribution is -0.646. The quantitative estimate of drug-likeness (QED) is 0.203. The summed E-state index contributed by atoms with van der Waals surface area (Å²) in [7, 11) is 1.98. The second-order valence-corrected chi connectivity index (χ2v) is 7.89. The molecule has 0 spiro atoms. The molecule has 2 aromatic heterocycles. The van der Waals surface area contributed by atoms with Crippen molar-refractivity contribution in [2.75, 3.05) is 4.90 Å². The molecule has 5 rings (SSSR count). The third-order valence-electron chi connectivity index (χ3n) is 5.69. The van der Waals surface area contributed by atoms with E-state index in [0.29, 0.717) is 5.89 Å². The summed E-state index contributed by atoms with van der Waals surface area (Å²) in [6.45, 7) is 2.24. The van der Waals surface area contributed by atoms with Gasteiger partial charge in [-0.15, -0.1) is 24.0 Å². The number of aromatic nitrogens is 2. The molecule has 0 N–H and O–H groups in total. The van der Waals surface area contributed by atoms with E-state index in [1.165, 1.54) is 22.6 Å². The molecule has 0 bridgehead atoms. The Morgan fingerprint density at radius 1 is 1.00 bits per heavy atom. The molecule has 0 amide bonds. The number of aryl methyl sites for hydroxylation is 1. The van der Waals surface area contributed by atoms with Crippen molar-refractivity contribution in [3.63, 3.8) is 0 Å². The molecule has 3 heterocycles. The number of hydrogen-bond acceptors (Lipinski definition) is 3. The standard InChI is InChI=1S/C27H26N3O.HI/c1-3-4-11-22-18-20(19-26-28-27-25(31-26)16-10-17-29(27)2)23-14-8-9-15-24(23)30(22)21-12-6-5-7-13-21;/h5-10,12-19H,3-4,11H2,1-2H3;1H/q+1;. The highest BCUT2D eigenvalue weighted by Gasteiger charge is 2.25. The third-order valence-corrected chi connectivity index (χ3v) is 5.69. The van der Waals surface area contributed by atoms with Gasteiger partial charge in [0.25, 0.3) is 0 Å². The second-order valence-electron chi connectivity index (χ2n) is 7.89. The molecule has 4 nitrogen and oxygen atoms in total. The predicted octanol–water partition coefficient (Wildman–Crippen LogP) is 7.04. The lowest BCUT2D eigenvalue weighted by Gasteiger charge is -2.33. The summed E-state index contributed by atoms with van der Waals surface area (Å²) in [6.07, 6.45) is 9.65. The van der Waals surface area contributed by atoms with Crippen molar-refractivity contribution in [3.05, 3.63) is 96.2 Å². The maximum atomic E-state index is 6.04. The van der Waals surface area contributed by atoms with Crippen molar-refractivity contribution >= 4 is 58.2 Å². The summed E-state index contributed by atoms with van der Waals surface area (Å²) < 4.78 is 8.02. The fourth-order valence-corrected chi connectivity index (χ4v) is 4.16. The molecule has 1 aliphatic rings. The molecule has 4 aromatic rings. The zero-order chi connectivity index (χ0) is 21.2. The van der Waals surface area contributed by atoms with Crippen LogP contribution in [0.5, 0.6) is 0 Å². The normalized spacial score (nSPS) is 14.2. The van der Waals surface area contributed by atoms with Gasteiger partial charge in [0.05, 0.1) is 18.9 Å². The minimum Gasteiger partial charge on any atom is -0.411 e. The number of anilines is 2.